The zero-order chi connectivity index (χ0) is 9.19. The van der Waals surface area contributed by atoms with Gasteiger partial charge in [-0.3, -0.25) is 0 Å². The first-order valence-corrected chi connectivity index (χ1v) is 4.13. The van der Waals surface area contributed by atoms with Gasteiger partial charge in [-0.25, -0.2) is 4.39 Å². The highest BCUT2D eigenvalue weighted by molar-refractivity contribution is 7.81. The maximum Gasteiger partial charge on any atom is 0.123 e. The standard InChI is InChI=1S/C10H11FS/c1-3-10(2,12)8-5-4-6-9(11)7-8/h3-7,12H,1H2,2H3/t10-/m1/s1. The van der Waals surface area contributed by atoms with Crippen LogP contribution in [0.5, 0.6) is 0 Å². The van der Waals surface area contributed by atoms with Gasteiger partial charge in [-0.1, -0.05) is 18.2 Å². The molecule has 0 aromatic heterocycles. The third-order valence-electron chi connectivity index (χ3n) is 1.81. The lowest BCUT2D eigenvalue weighted by atomic mass is 10.0. The van der Waals surface area contributed by atoms with Gasteiger partial charge in [-0.2, -0.15) is 12.6 Å². The van der Waals surface area contributed by atoms with E-state index in [4.69, 9.17) is 0 Å². The molecule has 0 aliphatic carbocycles. The van der Waals surface area contributed by atoms with Gasteiger partial charge in [0.25, 0.3) is 0 Å². The smallest absolute Gasteiger partial charge is 0.123 e. The molecule has 0 radical (unpaired) electrons. The van der Waals surface area contributed by atoms with Gasteiger partial charge >= 0.3 is 0 Å². The molecule has 1 aromatic carbocycles. The van der Waals surface area contributed by atoms with Gasteiger partial charge in [0.15, 0.2) is 0 Å². The van der Waals surface area contributed by atoms with E-state index in [2.05, 4.69) is 19.2 Å². The van der Waals surface area contributed by atoms with E-state index in [1.165, 1.54) is 12.1 Å². The van der Waals surface area contributed by atoms with Crippen molar-refractivity contribution in [3.63, 3.8) is 0 Å². The summed E-state index contributed by atoms with van der Waals surface area (Å²) in [5.74, 6) is -0.241. The van der Waals surface area contributed by atoms with E-state index in [0.717, 1.165) is 5.56 Å². The molecule has 0 saturated carbocycles. The molecule has 1 aromatic rings. The van der Waals surface area contributed by atoms with Crippen molar-refractivity contribution >= 4 is 12.6 Å². The van der Waals surface area contributed by atoms with Gasteiger partial charge in [0.05, 0.1) is 4.75 Å². The van der Waals surface area contributed by atoms with Crippen LogP contribution in [0.3, 0.4) is 0 Å². The molecule has 0 bridgehead atoms. The highest BCUT2D eigenvalue weighted by atomic mass is 32.1. The van der Waals surface area contributed by atoms with E-state index in [9.17, 15) is 4.39 Å². The normalized spacial score (nSPS) is 15.2. The highest BCUT2D eigenvalue weighted by Gasteiger charge is 2.16. The van der Waals surface area contributed by atoms with Crippen LogP contribution in [-0.4, -0.2) is 0 Å². The molecule has 2 heteroatoms. The minimum atomic E-state index is -0.456. The fourth-order valence-electron chi connectivity index (χ4n) is 0.921. The largest absolute Gasteiger partial charge is 0.207 e. The molecule has 0 amide bonds. The maximum absolute atomic E-state index is 12.8. The molecule has 0 saturated heterocycles. The van der Waals surface area contributed by atoms with Crippen LogP contribution in [0.15, 0.2) is 36.9 Å². The second-order valence-corrected chi connectivity index (χ2v) is 3.79. The van der Waals surface area contributed by atoms with Crippen LogP contribution in [0, 0.1) is 5.82 Å². The van der Waals surface area contributed by atoms with Gasteiger partial charge in [-0.05, 0) is 24.6 Å². The van der Waals surface area contributed by atoms with Crippen LogP contribution in [0.4, 0.5) is 4.39 Å². The van der Waals surface area contributed by atoms with Crippen LogP contribution >= 0.6 is 12.6 Å². The van der Waals surface area contributed by atoms with Crippen molar-refractivity contribution in [1.82, 2.24) is 0 Å². The molecular formula is C10H11FS. The molecule has 0 heterocycles. The summed E-state index contributed by atoms with van der Waals surface area (Å²) in [4.78, 5) is 0. The first-order chi connectivity index (χ1) is 5.56. The summed E-state index contributed by atoms with van der Waals surface area (Å²) in [5.41, 5.74) is 0.820. The second-order valence-electron chi connectivity index (χ2n) is 2.86. The Balaban J connectivity index is 3.11. The summed E-state index contributed by atoms with van der Waals surface area (Å²) in [6, 6.07) is 6.38. The van der Waals surface area contributed by atoms with Crippen molar-refractivity contribution < 1.29 is 4.39 Å². The quantitative estimate of drug-likeness (QED) is 0.527. The van der Waals surface area contributed by atoms with E-state index >= 15 is 0 Å². The lowest BCUT2D eigenvalue weighted by Gasteiger charge is -2.18. The molecule has 0 spiro atoms. The van der Waals surface area contributed by atoms with Gasteiger partial charge < -0.3 is 0 Å². The molecular weight excluding hydrogens is 171 g/mol. The Morgan fingerprint density at radius 3 is 2.75 bits per heavy atom. The summed E-state index contributed by atoms with van der Waals surface area (Å²) in [5, 5.41) is 0. The van der Waals surface area contributed by atoms with E-state index in [0.29, 0.717) is 0 Å². The minimum absolute atomic E-state index is 0.241. The number of hydrogen-bond donors (Lipinski definition) is 1. The lowest BCUT2D eigenvalue weighted by molar-refractivity contribution is 0.623. The highest BCUT2D eigenvalue weighted by Crippen LogP contribution is 2.28. The number of halogens is 1. The van der Waals surface area contributed by atoms with Crippen molar-refractivity contribution in [2.75, 3.05) is 0 Å². The fraction of sp³-hybridized carbons (Fsp3) is 0.200. The fourth-order valence-corrected chi connectivity index (χ4v) is 1.06. The summed E-state index contributed by atoms with van der Waals surface area (Å²) in [7, 11) is 0. The Kier molecular flexibility index (Phi) is 2.58. The van der Waals surface area contributed by atoms with E-state index < -0.39 is 4.75 Å². The van der Waals surface area contributed by atoms with Crippen LogP contribution < -0.4 is 0 Å². The van der Waals surface area contributed by atoms with Crippen LogP contribution in [0.1, 0.15) is 12.5 Å². The third kappa shape index (κ3) is 1.89. The Hall–Kier alpha value is -0.760. The molecule has 0 unspecified atom stereocenters. The molecule has 12 heavy (non-hydrogen) atoms. The van der Waals surface area contributed by atoms with Gasteiger partial charge in [0.2, 0.25) is 0 Å². The van der Waals surface area contributed by atoms with Gasteiger partial charge in [-0.15, -0.1) is 6.58 Å². The summed E-state index contributed by atoms with van der Waals surface area (Å²) in [6.07, 6.45) is 1.69. The average molecular weight is 182 g/mol. The zero-order valence-corrected chi connectivity index (χ0v) is 7.81. The Labute approximate surface area is 77.5 Å². The van der Waals surface area contributed by atoms with Crippen molar-refractivity contribution in [2.45, 2.75) is 11.7 Å². The summed E-state index contributed by atoms with van der Waals surface area (Å²) < 4.78 is 12.3. The maximum atomic E-state index is 12.8. The second kappa shape index (κ2) is 3.31. The van der Waals surface area contributed by atoms with Crippen LogP contribution in [-0.2, 0) is 4.75 Å². The topological polar surface area (TPSA) is 0 Å². The lowest BCUT2D eigenvalue weighted by Crippen LogP contribution is -2.09. The van der Waals surface area contributed by atoms with Crippen LogP contribution in [0.25, 0.3) is 0 Å². The molecule has 0 N–H and O–H groups in total. The van der Waals surface area contributed by atoms with Crippen molar-refractivity contribution in [3.8, 4) is 0 Å². The van der Waals surface area contributed by atoms with Crippen molar-refractivity contribution in [2.24, 2.45) is 0 Å². The average Bonchev–Trinajstić information content (AvgIpc) is 2.05. The van der Waals surface area contributed by atoms with Crippen LogP contribution in [0.2, 0.25) is 0 Å². The van der Waals surface area contributed by atoms with Crippen molar-refractivity contribution in [3.05, 3.63) is 48.3 Å². The third-order valence-corrected chi connectivity index (χ3v) is 2.25. The van der Waals surface area contributed by atoms with Crippen molar-refractivity contribution in [1.29, 1.82) is 0 Å². The Morgan fingerprint density at radius 1 is 1.58 bits per heavy atom. The van der Waals surface area contributed by atoms with Gasteiger partial charge in [0.1, 0.15) is 5.82 Å². The molecule has 1 rings (SSSR count). The molecule has 0 aliphatic heterocycles. The molecule has 1 atom stereocenters. The Morgan fingerprint density at radius 2 is 2.25 bits per heavy atom. The molecule has 0 nitrogen and oxygen atoms in total. The number of rotatable bonds is 2. The zero-order valence-electron chi connectivity index (χ0n) is 6.92. The Bertz CT molecular complexity index is 292. The number of hydrogen-bond acceptors (Lipinski definition) is 1. The summed E-state index contributed by atoms with van der Waals surface area (Å²) >= 11 is 4.34. The monoisotopic (exact) mass is 182 g/mol. The predicted octanol–water partition coefficient (Wildman–Crippen LogP) is 3.16. The van der Waals surface area contributed by atoms with Gasteiger partial charge in [0, 0.05) is 0 Å². The molecule has 0 fully saturated rings. The predicted molar refractivity (Wildman–Crippen MR) is 52.9 cm³/mol. The molecule has 0 aliphatic rings. The number of thiol groups is 1. The first kappa shape index (κ1) is 9.33. The minimum Gasteiger partial charge on any atom is -0.207 e. The summed E-state index contributed by atoms with van der Waals surface area (Å²) in [6.45, 7) is 5.51. The first-order valence-electron chi connectivity index (χ1n) is 3.68. The van der Waals surface area contributed by atoms with E-state index in [1.807, 2.05) is 13.0 Å². The number of benzene rings is 1. The van der Waals surface area contributed by atoms with E-state index in [1.54, 1.807) is 12.1 Å². The SMILES string of the molecule is C=C[C@@](C)(S)c1cccc(F)c1. The van der Waals surface area contributed by atoms with E-state index in [-0.39, 0.29) is 5.82 Å². The molecule has 64 valence electrons.